The van der Waals surface area contributed by atoms with Gasteiger partial charge in [0.05, 0.1) is 19.4 Å². The Morgan fingerprint density at radius 1 is 1.07 bits per heavy atom. The van der Waals surface area contributed by atoms with Crippen molar-refractivity contribution in [3.63, 3.8) is 0 Å². The van der Waals surface area contributed by atoms with E-state index in [2.05, 4.69) is 52.8 Å². The van der Waals surface area contributed by atoms with Gasteiger partial charge in [0.1, 0.15) is 5.75 Å². The summed E-state index contributed by atoms with van der Waals surface area (Å²) in [4.78, 5) is 5.01. The highest BCUT2D eigenvalue weighted by molar-refractivity contribution is 5.83. The van der Waals surface area contributed by atoms with Crippen LogP contribution >= 0.6 is 0 Å². The van der Waals surface area contributed by atoms with Gasteiger partial charge in [-0.15, -0.1) is 0 Å². The second-order valence-electron chi connectivity index (χ2n) is 7.51. The predicted molar refractivity (Wildman–Crippen MR) is 114 cm³/mol. The Balaban J connectivity index is 2.94. The first kappa shape index (κ1) is 21.2. The number of aliphatic hydroxyl groups is 1. The third-order valence-electron chi connectivity index (χ3n) is 4.77. The smallest absolute Gasteiger partial charge is 0.126 e. The van der Waals surface area contributed by atoms with Gasteiger partial charge >= 0.3 is 0 Å². The lowest BCUT2D eigenvalue weighted by molar-refractivity contribution is 0.280. The summed E-state index contributed by atoms with van der Waals surface area (Å²) in [6.07, 6.45) is 6.50. The van der Waals surface area contributed by atoms with Gasteiger partial charge in [-0.25, -0.2) is 0 Å². The van der Waals surface area contributed by atoms with Gasteiger partial charge < -0.3 is 9.84 Å². The fourth-order valence-electron chi connectivity index (χ4n) is 3.45. The molecule has 3 nitrogen and oxygen atoms in total. The second-order valence-corrected chi connectivity index (χ2v) is 7.51. The summed E-state index contributed by atoms with van der Waals surface area (Å²) >= 11 is 0. The lowest BCUT2D eigenvalue weighted by atomic mass is 9.86. The van der Waals surface area contributed by atoms with Crippen molar-refractivity contribution in [3.8, 4) is 16.9 Å². The van der Waals surface area contributed by atoms with Crippen LogP contribution in [0.4, 0.5) is 0 Å². The number of aliphatic hydroxyl groups excluding tert-OH is 1. The summed E-state index contributed by atoms with van der Waals surface area (Å²) in [6.45, 7) is 10.7. The summed E-state index contributed by atoms with van der Waals surface area (Å²) in [5, 5.41) is 10.3. The van der Waals surface area contributed by atoms with Crippen LogP contribution in [0.3, 0.4) is 0 Å². The normalized spacial score (nSPS) is 11.7. The lowest BCUT2D eigenvalue weighted by Crippen LogP contribution is -2.11. The van der Waals surface area contributed by atoms with Gasteiger partial charge in [-0.1, -0.05) is 71.4 Å². The number of rotatable bonds is 8. The first-order valence-electron chi connectivity index (χ1n) is 9.93. The van der Waals surface area contributed by atoms with E-state index >= 15 is 0 Å². The van der Waals surface area contributed by atoms with Crippen LogP contribution in [0, 0.1) is 0 Å². The maximum Gasteiger partial charge on any atom is 0.126 e. The number of pyridine rings is 1. The van der Waals surface area contributed by atoms with Gasteiger partial charge in [0, 0.05) is 27.9 Å². The number of hydrogen-bond donors (Lipinski definition) is 1. The number of hydrogen-bond acceptors (Lipinski definition) is 3. The van der Waals surface area contributed by atoms with Crippen molar-refractivity contribution >= 4 is 6.08 Å². The Kier molecular flexibility index (Phi) is 7.61. The summed E-state index contributed by atoms with van der Waals surface area (Å²) in [7, 11) is 1.69. The van der Waals surface area contributed by atoms with Crippen LogP contribution in [0.15, 0.2) is 30.3 Å². The van der Waals surface area contributed by atoms with Gasteiger partial charge in [-0.05, 0) is 24.3 Å². The monoisotopic (exact) mass is 367 g/mol. The Morgan fingerprint density at radius 2 is 1.74 bits per heavy atom. The van der Waals surface area contributed by atoms with Crippen molar-refractivity contribution in [1.82, 2.24) is 4.98 Å². The standard InChI is InChI=1S/C24H33NO2/c1-7-8-9-13-19-22(18-12-10-11-14-21(18)27-6)20(15-26)24(17(4)5)25-23(19)16(2)3/h9-14,16-17,26H,7-8,15H2,1-6H3/b13-9+. The molecule has 0 aliphatic heterocycles. The zero-order chi connectivity index (χ0) is 20.0. The Morgan fingerprint density at radius 3 is 2.30 bits per heavy atom. The molecule has 0 fully saturated rings. The van der Waals surface area contributed by atoms with E-state index < -0.39 is 0 Å². The number of para-hydroxylation sites is 1. The summed E-state index contributed by atoms with van der Waals surface area (Å²) in [5.41, 5.74) is 6.08. The molecule has 3 heteroatoms. The molecule has 0 aliphatic rings. The van der Waals surface area contributed by atoms with Crippen LogP contribution in [-0.4, -0.2) is 17.2 Å². The summed E-state index contributed by atoms with van der Waals surface area (Å²) < 4.78 is 5.65. The quantitative estimate of drug-likeness (QED) is 0.594. The Bertz CT molecular complexity index is 791. The number of unbranched alkanes of at least 4 members (excludes halogenated alkanes) is 1. The highest BCUT2D eigenvalue weighted by atomic mass is 16.5. The van der Waals surface area contributed by atoms with Crippen LogP contribution < -0.4 is 4.74 Å². The number of aromatic nitrogens is 1. The third kappa shape index (κ3) is 4.59. The maximum absolute atomic E-state index is 10.3. The van der Waals surface area contributed by atoms with E-state index in [1.54, 1.807) is 7.11 Å². The Labute approximate surface area is 164 Å². The second kappa shape index (κ2) is 9.70. The van der Waals surface area contributed by atoms with Crippen molar-refractivity contribution in [2.24, 2.45) is 0 Å². The van der Waals surface area contributed by atoms with E-state index in [-0.39, 0.29) is 18.4 Å². The highest BCUT2D eigenvalue weighted by Crippen LogP contribution is 2.41. The zero-order valence-corrected chi connectivity index (χ0v) is 17.5. The molecule has 0 saturated heterocycles. The van der Waals surface area contributed by atoms with Crippen LogP contribution in [0.2, 0.25) is 0 Å². The van der Waals surface area contributed by atoms with Crippen LogP contribution in [0.25, 0.3) is 17.2 Å². The number of methoxy groups -OCH3 is 1. The average molecular weight is 368 g/mol. The first-order valence-corrected chi connectivity index (χ1v) is 9.93. The van der Waals surface area contributed by atoms with Crippen molar-refractivity contribution < 1.29 is 9.84 Å². The molecule has 2 aromatic rings. The molecule has 0 aliphatic carbocycles. The van der Waals surface area contributed by atoms with Gasteiger partial charge in [0.15, 0.2) is 0 Å². The van der Waals surface area contributed by atoms with Gasteiger partial charge in [0.2, 0.25) is 0 Å². The molecule has 1 aromatic heterocycles. The number of benzene rings is 1. The molecule has 0 saturated carbocycles. The number of allylic oxidation sites excluding steroid dienone is 1. The van der Waals surface area contributed by atoms with Crippen molar-refractivity contribution in [2.75, 3.05) is 7.11 Å². The fraction of sp³-hybridized carbons (Fsp3) is 0.458. The predicted octanol–water partition coefficient (Wildman–Crippen LogP) is 6.31. The van der Waals surface area contributed by atoms with E-state index in [0.717, 1.165) is 52.2 Å². The third-order valence-corrected chi connectivity index (χ3v) is 4.77. The molecule has 0 unspecified atom stereocenters. The van der Waals surface area contributed by atoms with Gasteiger partial charge in [-0.3, -0.25) is 4.98 Å². The van der Waals surface area contributed by atoms with E-state index in [0.29, 0.717) is 0 Å². The minimum absolute atomic E-state index is 0.0408. The minimum Gasteiger partial charge on any atom is -0.496 e. The van der Waals surface area contributed by atoms with Crippen LogP contribution in [0.1, 0.15) is 81.8 Å². The van der Waals surface area contributed by atoms with Gasteiger partial charge in [-0.2, -0.15) is 0 Å². The summed E-state index contributed by atoms with van der Waals surface area (Å²) in [6, 6.07) is 8.03. The zero-order valence-electron chi connectivity index (χ0n) is 17.5. The number of ether oxygens (including phenoxy) is 1. The van der Waals surface area contributed by atoms with E-state index in [9.17, 15) is 5.11 Å². The average Bonchev–Trinajstić information content (AvgIpc) is 2.66. The largest absolute Gasteiger partial charge is 0.496 e. The van der Waals surface area contributed by atoms with E-state index in [4.69, 9.17) is 9.72 Å². The van der Waals surface area contributed by atoms with Crippen LogP contribution in [-0.2, 0) is 6.61 Å². The van der Waals surface area contributed by atoms with E-state index in [1.807, 2.05) is 18.2 Å². The highest BCUT2D eigenvalue weighted by Gasteiger charge is 2.23. The van der Waals surface area contributed by atoms with Gasteiger partial charge in [0.25, 0.3) is 0 Å². The molecule has 2 rings (SSSR count). The fourth-order valence-corrected chi connectivity index (χ4v) is 3.45. The Hall–Kier alpha value is -2.13. The van der Waals surface area contributed by atoms with Crippen molar-refractivity contribution in [2.45, 2.75) is 65.9 Å². The number of nitrogens with zero attached hydrogens (tertiary/aromatic N) is 1. The van der Waals surface area contributed by atoms with Crippen molar-refractivity contribution in [3.05, 3.63) is 52.9 Å². The minimum atomic E-state index is -0.0408. The molecular formula is C24H33NO2. The molecule has 0 spiro atoms. The molecule has 27 heavy (non-hydrogen) atoms. The van der Waals surface area contributed by atoms with Crippen molar-refractivity contribution in [1.29, 1.82) is 0 Å². The molecule has 0 bridgehead atoms. The molecule has 1 aromatic carbocycles. The van der Waals surface area contributed by atoms with E-state index in [1.165, 1.54) is 0 Å². The molecule has 1 heterocycles. The topological polar surface area (TPSA) is 42.4 Å². The molecule has 0 amide bonds. The maximum atomic E-state index is 10.3. The molecular weight excluding hydrogens is 334 g/mol. The summed E-state index contributed by atoms with van der Waals surface area (Å²) in [5.74, 6) is 1.32. The lowest BCUT2D eigenvalue weighted by Gasteiger charge is -2.23. The SMILES string of the molecule is CCC/C=C/c1c(C(C)C)nc(C(C)C)c(CO)c1-c1ccccc1OC. The van der Waals surface area contributed by atoms with Crippen LogP contribution in [0.5, 0.6) is 5.75 Å². The molecule has 1 N–H and O–H groups in total. The molecule has 0 radical (unpaired) electrons. The first-order chi connectivity index (χ1) is 13.0. The molecule has 0 atom stereocenters. The molecule has 146 valence electrons.